The molecule has 0 aliphatic heterocycles. The van der Waals surface area contributed by atoms with Gasteiger partial charge >= 0.3 is 0 Å². The van der Waals surface area contributed by atoms with Gasteiger partial charge in [0.15, 0.2) is 11.5 Å². The third kappa shape index (κ3) is 4.85. The number of ether oxygens (including phenoxy) is 3. The molecule has 0 radical (unpaired) electrons. The predicted molar refractivity (Wildman–Crippen MR) is 115 cm³/mol. The fourth-order valence-electron chi connectivity index (χ4n) is 2.75. The van der Waals surface area contributed by atoms with E-state index >= 15 is 0 Å². The Kier molecular flexibility index (Phi) is 6.83. The lowest BCUT2D eigenvalue weighted by Gasteiger charge is -2.12. The van der Waals surface area contributed by atoms with Gasteiger partial charge in [-0.25, -0.2) is 0 Å². The average molecular weight is 426 g/mol. The zero-order chi connectivity index (χ0) is 21.5. The second-order valence-corrected chi connectivity index (χ2v) is 6.55. The summed E-state index contributed by atoms with van der Waals surface area (Å²) in [4.78, 5) is 4.20. The first-order valence-electron chi connectivity index (χ1n) is 8.95. The van der Waals surface area contributed by atoms with E-state index in [-0.39, 0.29) is 5.69 Å². The molecule has 0 atom stereocenters. The summed E-state index contributed by atoms with van der Waals surface area (Å²) < 4.78 is 21.7. The molecule has 0 amide bonds. The first kappa shape index (κ1) is 21.1. The smallest absolute Gasteiger partial charge is 0.232 e. The number of hydrogen-bond acceptors (Lipinski definition) is 7. The Morgan fingerprint density at radius 1 is 1.07 bits per heavy atom. The lowest BCUT2D eigenvalue weighted by molar-refractivity contribution is 0.324. The largest absolute Gasteiger partial charge is 0.493 e. The van der Waals surface area contributed by atoms with Gasteiger partial charge in [0.1, 0.15) is 6.07 Å². The quantitative estimate of drug-likeness (QED) is 0.542. The van der Waals surface area contributed by atoms with Gasteiger partial charge in [0, 0.05) is 17.6 Å². The molecule has 3 aromatic rings. The number of methoxy groups -OCH3 is 3. The molecule has 0 unspecified atom stereocenters. The standard InChI is InChI=1S/C22H20ClN3O4/c1-27-18-10-15(11-19(28-2)21(18)29-3)6-9-20-26-17(12-24)22(30-20)25-13-14-4-7-16(23)8-5-14/h4-11,25H,13H2,1-3H3/b9-6+. The maximum Gasteiger partial charge on any atom is 0.232 e. The molecule has 154 valence electrons. The lowest BCUT2D eigenvalue weighted by atomic mass is 10.1. The van der Waals surface area contributed by atoms with Gasteiger partial charge in [-0.2, -0.15) is 10.2 Å². The molecule has 0 saturated heterocycles. The number of anilines is 1. The van der Waals surface area contributed by atoms with Crippen LogP contribution < -0.4 is 19.5 Å². The van der Waals surface area contributed by atoms with Crippen LogP contribution in [0.2, 0.25) is 5.02 Å². The van der Waals surface area contributed by atoms with Gasteiger partial charge in [-0.1, -0.05) is 23.7 Å². The summed E-state index contributed by atoms with van der Waals surface area (Å²) in [5.74, 6) is 2.17. The average Bonchev–Trinajstić information content (AvgIpc) is 3.18. The second-order valence-electron chi connectivity index (χ2n) is 6.11. The van der Waals surface area contributed by atoms with Gasteiger partial charge in [0.25, 0.3) is 0 Å². The topological polar surface area (TPSA) is 89.5 Å². The van der Waals surface area contributed by atoms with E-state index < -0.39 is 0 Å². The Balaban J connectivity index is 1.79. The Morgan fingerprint density at radius 2 is 1.73 bits per heavy atom. The molecule has 1 N–H and O–H groups in total. The van der Waals surface area contributed by atoms with Crippen molar-refractivity contribution in [3.8, 4) is 23.3 Å². The SMILES string of the molecule is COc1cc(/C=C/c2nc(C#N)c(NCc3ccc(Cl)cc3)o2)cc(OC)c1OC. The van der Waals surface area contributed by atoms with E-state index in [4.69, 9.17) is 30.2 Å². The van der Waals surface area contributed by atoms with E-state index in [0.29, 0.717) is 40.6 Å². The van der Waals surface area contributed by atoms with Crippen LogP contribution in [0.5, 0.6) is 17.2 Å². The van der Waals surface area contributed by atoms with E-state index in [0.717, 1.165) is 11.1 Å². The van der Waals surface area contributed by atoms with Crippen molar-refractivity contribution in [1.82, 2.24) is 4.98 Å². The van der Waals surface area contributed by atoms with Crippen LogP contribution in [0.1, 0.15) is 22.7 Å². The van der Waals surface area contributed by atoms with Crippen LogP contribution in [0.4, 0.5) is 5.88 Å². The molecule has 0 spiro atoms. The summed E-state index contributed by atoms with van der Waals surface area (Å²) in [6.45, 7) is 0.469. The molecule has 0 aliphatic carbocycles. The van der Waals surface area contributed by atoms with E-state index in [1.165, 1.54) is 0 Å². The van der Waals surface area contributed by atoms with Crippen molar-refractivity contribution >= 4 is 29.6 Å². The summed E-state index contributed by atoms with van der Waals surface area (Å²) >= 11 is 5.90. The minimum atomic E-state index is 0.175. The molecule has 0 aliphatic rings. The van der Waals surface area contributed by atoms with Gasteiger partial charge < -0.3 is 23.9 Å². The van der Waals surface area contributed by atoms with Gasteiger partial charge in [0.2, 0.25) is 23.2 Å². The molecule has 30 heavy (non-hydrogen) atoms. The summed E-state index contributed by atoms with van der Waals surface area (Å²) in [6, 6.07) is 13.0. The number of halogens is 1. The Morgan fingerprint density at radius 3 is 2.30 bits per heavy atom. The van der Waals surface area contributed by atoms with Crippen molar-refractivity contribution in [2.24, 2.45) is 0 Å². The van der Waals surface area contributed by atoms with E-state index in [9.17, 15) is 5.26 Å². The van der Waals surface area contributed by atoms with Crippen LogP contribution in [-0.4, -0.2) is 26.3 Å². The summed E-state index contributed by atoms with van der Waals surface area (Å²) in [6.07, 6.45) is 3.44. The van der Waals surface area contributed by atoms with Gasteiger partial charge in [0.05, 0.1) is 21.3 Å². The molecular formula is C22H20ClN3O4. The molecule has 3 rings (SSSR count). The molecule has 2 aromatic carbocycles. The minimum Gasteiger partial charge on any atom is -0.493 e. The van der Waals surface area contributed by atoms with Gasteiger partial charge in [-0.05, 0) is 41.5 Å². The van der Waals surface area contributed by atoms with Crippen molar-refractivity contribution < 1.29 is 18.6 Å². The number of nitrogens with one attached hydrogen (secondary N) is 1. The highest BCUT2D eigenvalue weighted by Gasteiger charge is 2.13. The van der Waals surface area contributed by atoms with Crippen LogP contribution >= 0.6 is 11.6 Å². The first-order chi connectivity index (χ1) is 14.6. The molecule has 1 aromatic heterocycles. The number of rotatable bonds is 8. The Labute approximate surface area is 179 Å². The molecule has 0 saturated carbocycles. The maximum absolute atomic E-state index is 9.34. The summed E-state index contributed by atoms with van der Waals surface area (Å²) in [5, 5.41) is 13.1. The van der Waals surface area contributed by atoms with Crippen LogP contribution in [0.25, 0.3) is 12.2 Å². The van der Waals surface area contributed by atoms with Crippen LogP contribution in [0.15, 0.2) is 40.8 Å². The molecule has 7 nitrogen and oxygen atoms in total. The third-order valence-electron chi connectivity index (χ3n) is 4.22. The van der Waals surface area contributed by atoms with Crippen LogP contribution in [-0.2, 0) is 6.54 Å². The number of hydrogen-bond donors (Lipinski definition) is 1. The van der Waals surface area contributed by atoms with Crippen LogP contribution in [0.3, 0.4) is 0 Å². The molecule has 1 heterocycles. The molecule has 0 bridgehead atoms. The highest BCUT2D eigenvalue weighted by atomic mass is 35.5. The van der Waals surface area contributed by atoms with E-state index in [1.807, 2.05) is 18.2 Å². The van der Waals surface area contributed by atoms with Gasteiger partial charge in [-0.3, -0.25) is 0 Å². The van der Waals surface area contributed by atoms with Crippen molar-refractivity contribution in [1.29, 1.82) is 5.26 Å². The number of nitrogens with zero attached hydrogens (tertiary/aromatic N) is 2. The van der Waals surface area contributed by atoms with E-state index in [2.05, 4.69) is 10.3 Å². The number of nitriles is 1. The Bertz CT molecular complexity index is 1060. The molecular weight excluding hydrogens is 406 g/mol. The van der Waals surface area contributed by atoms with Crippen LogP contribution in [0, 0.1) is 11.3 Å². The fourth-order valence-corrected chi connectivity index (χ4v) is 2.88. The third-order valence-corrected chi connectivity index (χ3v) is 4.47. The number of oxazole rings is 1. The van der Waals surface area contributed by atoms with Crippen molar-refractivity contribution in [3.05, 3.63) is 64.1 Å². The second kappa shape index (κ2) is 9.72. The summed E-state index contributed by atoms with van der Waals surface area (Å²) in [5.41, 5.74) is 1.96. The first-order valence-corrected chi connectivity index (χ1v) is 9.33. The Hall–Kier alpha value is -3.63. The molecule has 8 heteroatoms. The van der Waals surface area contributed by atoms with Gasteiger partial charge in [-0.15, -0.1) is 0 Å². The highest BCUT2D eigenvalue weighted by Crippen LogP contribution is 2.38. The van der Waals surface area contributed by atoms with Crippen molar-refractivity contribution in [2.45, 2.75) is 6.54 Å². The minimum absolute atomic E-state index is 0.175. The molecule has 0 fully saturated rings. The maximum atomic E-state index is 9.34. The zero-order valence-electron chi connectivity index (χ0n) is 16.7. The predicted octanol–water partition coefficient (Wildman–Crippen LogP) is 5.01. The van der Waals surface area contributed by atoms with Crippen molar-refractivity contribution in [3.63, 3.8) is 0 Å². The lowest BCUT2D eigenvalue weighted by Crippen LogP contribution is -1.99. The number of benzene rings is 2. The highest BCUT2D eigenvalue weighted by molar-refractivity contribution is 6.30. The zero-order valence-corrected chi connectivity index (χ0v) is 17.5. The normalized spacial score (nSPS) is 10.6. The van der Waals surface area contributed by atoms with E-state index in [1.54, 1.807) is 57.7 Å². The monoisotopic (exact) mass is 425 g/mol. The fraction of sp³-hybridized carbons (Fsp3) is 0.182. The number of aromatic nitrogens is 1. The van der Waals surface area contributed by atoms with Crippen molar-refractivity contribution in [2.75, 3.05) is 26.6 Å². The summed E-state index contributed by atoms with van der Waals surface area (Å²) in [7, 11) is 4.65.